The molecule has 4 fully saturated rings. The molecule has 1 saturated heterocycles. The van der Waals surface area contributed by atoms with Gasteiger partial charge in [-0.25, -0.2) is 4.39 Å². The number of carbonyl (C=O) groups is 2. The van der Waals surface area contributed by atoms with Crippen LogP contribution in [0.1, 0.15) is 62.0 Å². The number of fused-ring (bicyclic) bond motifs is 2. The first-order valence-electron chi connectivity index (χ1n) is 17.7. The van der Waals surface area contributed by atoms with Crippen LogP contribution in [0.2, 0.25) is 0 Å². The van der Waals surface area contributed by atoms with Crippen molar-refractivity contribution in [2.75, 3.05) is 20.3 Å². The van der Waals surface area contributed by atoms with Crippen molar-refractivity contribution in [3.05, 3.63) is 89.2 Å². The molecule has 0 spiro atoms. The highest BCUT2D eigenvalue weighted by atomic mass is 19.1. The normalized spacial score (nSPS) is 27.6. The number of hydroxylamine groups is 2. The van der Waals surface area contributed by atoms with Crippen molar-refractivity contribution >= 4 is 11.8 Å². The van der Waals surface area contributed by atoms with E-state index in [4.69, 9.17) is 9.57 Å². The van der Waals surface area contributed by atoms with Crippen LogP contribution in [0.25, 0.3) is 11.1 Å². The molecule has 3 aromatic carbocycles. The summed E-state index contributed by atoms with van der Waals surface area (Å²) in [4.78, 5) is 33.4. The average molecular weight is 688 g/mol. The topological polar surface area (TPSA) is 120 Å². The van der Waals surface area contributed by atoms with E-state index < -0.39 is 35.9 Å². The molecule has 0 unspecified atom stereocenters. The van der Waals surface area contributed by atoms with Crippen molar-refractivity contribution in [1.29, 1.82) is 0 Å². The summed E-state index contributed by atoms with van der Waals surface area (Å²) in [7, 11) is 1.53. The number of nitrogens with zero attached hydrogens (tertiary/aromatic N) is 1. The summed E-state index contributed by atoms with van der Waals surface area (Å²) in [6, 6.07) is 18.8. The Morgan fingerprint density at radius 2 is 1.86 bits per heavy atom. The van der Waals surface area contributed by atoms with E-state index in [1.54, 1.807) is 18.1 Å². The maximum absolute atomic E-state index is 15.0. The van der Waals surface area contributed by atoms with Crippen LogP contribution in [0.5, 0.6) is 5.75 Å². The van der Waals surface area contributed by atoms with Gasteiger partial charge in [-0.05, 0) is 72.6 Å². The number of halogens is 1. The third kappa shape index (κ3) is 6.91. The first-order chi connectivity index (χ1) is 23.9. The van der Waals surface area contributed by atoms with Gasteiger partial charge in [0.2, 0.25) is 5.91 Å². The maximum atomic E-state index is 15.0. The lowest BCUT2D eigenvalue weighted by Crippen LogP contribution is -2.62. The number of amides is 2. The Kier molecular flexibility index (Phi) is 10.6. The molecule has 2 bridgehead atoms. The van der Waals surface area contributed by atoms with E-state index in [1.165, 1.54) is 25.7 Å². The van der Waals surface area contributed by atoms with Crippen molar-refractivity contribution in [1.82, 2.24) is 15.7 Å². The Bertz CT molecular complexity index is 1680. The molecule has 50 heavy (non-hydrogen) atoms. The fourth-order valence-electron chi connectivity index (χ4n) is 8.76. The summed E-state index contributed by atoms with van der Waals surface area (Å²) in [6.07, 6.45) is 1.01. The lowest BCUT2D eigenvalue weighted by atomic mass is 9.45. The number of methoxy groups -OCH3 is 1. The third-order valence-corrected chi connectivity index (χ3v) is 11.8. The number of aliphatic hydroxyl groups is 2. The van der Waals surface area contributed by atoms with E-state index in [9.17, 15) is 24.2 Å². The maximum Gasteiger partial charge on any atom is 0.254 e. The zero-order valence-corrected chi connectivity index (χ0v) is 29.6. The minimum absolute atomic E-state index is 0.0185. The quantitative estimate of drug-likeness (QED) is 0.208. The van der Waals surface area contributed by atoms with Crippen LogP contribution in [0.4, 0.5) is 4.39 Å². The van der Waals surface area contributed by atoms with Crippen molar-refractivity contribution < 1.29 is 33.8 Å². The molecule has 1 heterocycles. The SMILES string of the molecule is COc1c(CN2O[C@@H](CO)[C@H]([C@H](C)O)[C@H]2C(=O)N[C@H]2C[C@H]3C[C@H]([C@@H]2C)C3(C)C)cccc1-c1ccc(F)c(C(=O)NCCc2ccccc2)c1. The van der Waals surface area contributed by atoms with Crippen LogP contribution in [-0.4, -0.2) is 71.6 Å². The number of para-hydroxylation sites is 1. The highest BCUT2D eigenvalue weighted by molar-refractivity contribution is 5.96. The van der Waals surface area contributed by atoms with E-state index in [1.807, 2.05) is 48.5 Å². The predicted molar refractivity (Wildman–Crippen MR) is 188 cm³/mol. The molecule has 4 N–H and O–H groups in total. The number of benzene rings is 3. The van der Waals surface area contributed by atoms with E-state index in [0.717, 1.165) is 12.0 Å². The highest BCUT2D eigenvalue weighted by Crippen LogP contribution is 2.61. The molecule has 9 nitrogen and oxygen atoms in total. The molecular formula is C40H50FN3O6. The van der Waals surface area contributed by atoms with Gasteiger partial charge in [0.15, 0.2) is 0 Å². The largest absolute Gasteiger partial charge is 0.496 e. The molecule has 1 aliphatic heterocycles. The van der Waals surface area contributed by atoms with E-state index in [-0.39, 0.29) is 36.1 Å². The average Bonchev–Trinajstić information content (AvgIpc) is 3.48. The summed E-state index contributed by atoms with van der Waals surface area (Å²) >= 11 is 0. The first kappa shape index (κ1) is 36.0. The molecule has 268 valence electrons. The van der Waals surface area contributed by atoms with E-state index >= 15 is 0 Å². The zero-order chi connectivity index (χ0) is 35.7. The first-order valence-corrected chi connectivity index (χ1v) is 17.7. The van der Waals surface area contributed by atoms with Gasteiger partial charge < -0.3 is 25.6 Å². The Morgan fingerprint density at radius 1 is 1.10 bits per heavy atom. The minimum Gasteiger partial charge on any atom is -0.496 e. The van der Waals surface area contributed by atoms with Gasteiger partial charge in [-0.2, -0.15) is 5.06 Å². The third-order valence-electron chi connectivity index (χ3n) is 11.8. The van der Waals surface area contributed by atoms with E-state index in [2.05, 4.69) is 31.4 Å². The van der Waals surface area contributed by atoms with Gasteiger partial charge in [0.1, 0.15) is 23.7 Å². The minimum atomic E-state index is -0.922. The lowest BCUT2D eigenvalue weighted by Gasteiger charge is -2.62. The van der Waals surface area contributed by atoms with Gasteiger partial charge in [-0.3, -0.25) is 14.4 Å². The number of rotatable bonds is 12. The fraction of sp³-hybridized carbons (Fsp3) is 0.500. The van der Waals surface area contributed by atoms with Crippen LogP contribution in [0, 0.1) is 34.9 Å². The number of aliphatic hydroxyl groups excluding tert-OH is 2. The van der Waals surface area contributed by atoms with Gasteiger partial charge in [0.25, 0.3) is 5.91 Å². The van der Waals surface area contributed by atoms with E-state index in [0.29, 0.717) is 53.2 Å². The summed E-state index contributed by atoms with van der Waals surface area (Å²) in [6.45, 7) is 8.57. The molecule has 3 aromatic rings. The molecule has 0 radical (unpaired) electrons. The molecular weight excluding hydrogens is 637 g/mol. The van der Waals surface area contributed by atoms with Crippen molar-refractivity contribution in [2.45, 2.75) is 77.8 Å². The van der Waals surface area contributed by atoms with Crippen LogP contribution in [-0.2, 0) is 22.6 Å². The van der Waals surface area contributed by atoms with Gasteiger partial charge in [0.05, 0.1) is 31.9 Å². The van der Waals surface area contributed by atoms with Crippen LogP contribution in [0.15, 0.2) is 66.7 Å². The Balaban J connectivity index is 1.23. The summed E-state index contributed by atoms with van der Waals surface area (Å²) < 4.78 is 20.9. The fourth-order valence-corrected chi connectivity index (χ4v) is 8.76. The van der Waals surface area contributed by atoms with Crippen molar-refractivity contribution in [2.24, 2.45) is 29.1 Å². The zero-order valence-electron chi connectivity index (χ0n) is 29.6. The predicted octanol–water partition coefficient (Wildman–Crippen LogP) is 5.13. The Hall–Kier alpha value is -3.83. The molecule has 7 rings (SSSR count). The molecule has 2 amide bonds. The van der Waals surface area contributed by atoms with Gasteiger partial charge in [0, 0.05) is 29.6 Å². The number of hydrogen-bond acceptors (Lipinski definition) is 7. The second kappa shape index (κ2) is 14.8. The number of hydrogen-bond donors (Lipinski definition) is 4. The van der Waals surface area contributed by atoms with Crippen LogP contribution < -0.4 is 15.4 Å². The number of carbonyl (C=O) groups excluding carboxylic acids is 2. The summed E-state index contributed by atoms with van der Waals surface area (Å²) in [5, 5.41) is 28.8. The molecule has 3 saturated carbocycles. The Morgan fingerprint density at radius 3 is 2.52 bits per heavy atom. The highest BCUT2D eigenvalue weighted by Gasteiger charge is 2.57. The van der Waals surface area contributed by atoms with Crippen LogP contribution >= 0.6 is 0 Å². The second-order valence-corrected chi connectivity index (χ2v) is 14.9. The van der Waals surface area contributed by atoms with Gasteiger partial charge in [-0.15, -0.1) is 0 Å². The standard InChI is InChI=1S/C40H50FN3O6/c1-23-31-19-28(40(31,3)4)20-33(23)43-39(48)36-35(24(2)46)34(22-45)50-44(36)21-27-12-9-13-29(37(27)49-5)26-14-15-32(41)30(18-26)38(47)42-17-16-25-10-7-6-8-11-25/h6-15,18,23-24,28,31,33-36,45-46H,16-17,19-22H2,1-5H3,(H,42,47)(H,43,48)/t23-,24-,28+,31+,33-,34-,35-,36-/m0/s1. The summed E-state index contributed by atoms with van der Waals surface area (Å²) in [5.74, 6) is -0.159. The monoisotopic (exact) mass is 687 g/mol. The summed E-state index contributed by atoms with van der Waals surface area (Å²) in [5.41, 5.74) is 3.15. The lowest BCUT2D eigenvalue weighted by molar-refractivity contribution is -0.183. The second-order valence-electron chi connectivity index (χ2n) is 14.9. The van der Waals surface area contributed by atoms with Crippen molar-refractivity contribution in [3.8, 4) is 16.9 Å². The molecule has 3 aliphatic carbocycles. The molecule has 4 aliphatic rings. The smallest absolute Gasteiger partial charge is 0.254 e. The Labute approximate surface area is 294 Å². The van der Waals surface area contributed by atoms with Gasteiger partial charge in [-0.1, -0.05) is 75.4 Å². The number of nitrogens with one attached hydrogen (secondary N) is 2. The molecule has 0 aromatic heterocycles. The molecule has 10 heteroatoms. The van der Waals surface area contributed by atoms with Crippen molar-refractivity contribution in [3.63, 3.8) is 0 Å². The molecule has 8 atom stereocenters. The van der Waals surface area contributed by atoms with Crippen LogP contribution in [0.3, 0.4) is 0 Å². The number of ether oxygens (including phenoxy) is 1. The van der Waals surface area contributed by atoms with Gasteiger partial charge >= 0.3 is 0 Å².